The molecule has 0 rings (SSSR count). The maximum absolute atomic E-state index is 9.80. The van der Waals surface area contributed by atoms with Gasteiger partial charge in [0.05, 0.1) is 6.10 Å². The van der Waals surface area contributed by atoms with Crippen LogP contribution in [0.4, 0.5) is 0 Å². The molecule has 86 valence electrons. The van der Waals surface area contributed by atoms with Gasteiger partial charge >= 0.3 is 0 Å². The molecule has 0 saturated heterocycles. The van der Waals surface area contributed by atoms with Crippen molar-refractivity contribution in [3.05, 3.63) is 0 Å². The van der Waals surface area contributed by atoms with Crippen LogP contribution in [0.1, 0.15) is 27.7 Å². The number of rotatable bonds is 6. The highest BCUT2D eigenvalue weighted by atomic mass is 16.3. The third-order valence-electron chi connectivity index (χ3n) is 2.32. The number of aliphatic hydroxyl groups excluding tert-OH is 1. The lowest BCUT2D eigenvalue weighted by Crippen LogP contribution is -2.44. The number of hydrogen-bond donors (Lipinski definition) is 1. The van der Waals surface area contributed by atoms with Crippen LogP contribution in [0.2, 0.25) is 0 Å². The Morgan fingerprint density at radius 3 is 1.64 bits per heavy atom. The van der Waals surface area contributed by atoms with E-state index in [9.17, 15) is 5.11 Å². The molecule has 0 heterocycles. The van der Waals surface area contributed by atoms with Crippen molar-refractivity contribution >= 4 is 0 Å². The summed E-state index contributed by atoms with van der Waals surface area (Å²) in [6, 6.07) is 0.985. The molecular formula is C11H26N2O. The van der Waals surface area contributed by atoms with E-state index in [4.69, 9.17) is 0 Å². The van der Waals surface area contributed by atoms with Gasteiger partial charge in [-0.05, 0) is 41.8 Å². The lowest BCUT2D eigenvalue weighted by atomic mass is 10.2. The van der Waals surface area contributed by atoms with Gasteiger partial charge < -0.3 is 10.0 Å². The summed E-state index contributed by atoms with van der Waals surface area (Å²) in [5.74, 6) is 0. The van der Waals surface area contributed by atoms with Crippen molar-refractivity contribution in [1.29, 1.82) is 0 Å². The number of hydrogen-bond acceptors (Lipinski definition) is 3. The number of aliphatic hydroxyl groups is 1. The minimum Gasteiger partial charge on any atom is -0.390 e. The van der Waals surface area contributed by atoms with Crippen LogP contribution in [0.15, 0.2) is 0 Å². The molecule has 3 nitrogen and oxygen atoms in total. The highest BCUT2D eigenvalue weighted by Gasteiger charge is 2.17. The molecule has 1 atom stereocenters. The van der Waals surface area contributed by atoms with Crippen molar-refractivity contribution in [1.82, 2.24) is 9.80 Å². The second-order valence-electron chi connectivity index (χ2n) is 4.80. The SMILES string of the molecule is CC(C)N(CC(O)CN(C)C)C(C)C. The van der Waals surface area contributed by atoms with Gasteiger partial charge in [0.15, 0.2) is 0 Å². The molecule has 0 aromatic rings. The van der Waals surface area contributed by atoms with Crippen molar-refractivity contribution in [2.24, 2.45) is 0 Å². The maximum Gasteiger partial charge on any atom is 0.0793 e. The highest BCUT2D eigenvalue weighted by Crippen LogP contribution is 2.06. The predicted molar refractivity (Wildman–Crippen MR) is 61.5 cm³/mol. The Labute approximate surface area is 88.7 Å². The lowest BCUT2D eigenvalue weighted by Gasteiger charge is -2.33. The van der Waals surface area contributed by atoms with Gasteiger partial charge in [0.2, 0.25) is 0 Å². The zero-order valence-corrected chi connectivity index (χ0v) is 10.5. The molecule has 0 aliphatic rings. The first-order valence-electron chi connectivity index (χ1n) is 5.43. The van der Waals surface area contributed by atoms with E-state index in [1.165, 1.54) is 0 Å². The molecule has 0 radical (unpaired) electrons. The van der Waals surface area contributed by atoms with Crippen molar-refractivity contribution in [3.63, 3.8) is 0 Å². The second kappa shape index (κ2) is 6.38. The largest absolute Gasteiger partial charge is 0.390 e. The van der Waals surface area contributed by atoms with E-state index in [0.717, 1.165) is 13.1 Å². The van der Waals surface area contributed by atoms with Gasteiger partial charge in [-0.2, -0.15) is 0 Å². The van der Waals surface area contributed by atoms with E-state index in [2.05, 4.69) is 32.6 Å². The highest BCUT2D eigenvalue weighted by molar-refractivity contribution is 4.72. The number of likely N-dealkylation sites (N-methyl/N-ethyl adjacent to an activating group) is 1. The third-order valence-corrected chi connectivity index (χ3v) is 2.32. The van der Waals surface area contributed by atoms with Crippen LogP contribution in [0.25, 0.3) is 0 Å². The molecule has 0 aliphatic carbocycles. The Balaban J connectivity index is 4.03. The van der Waals surface area contributed by atoms with Crippen LogP contribution in [-0.4, -0.2) is 60.3 Å². The minimum absolute atomic E-state index is 0.255. The topological polar surface area (TPSA) is 26.7 Å². The van der Waals surface area contributed by atoms with Gasteiger partial charge in [-0.25, -0.2) is 0 Å². The molecule has 0 aromatic carbocycles. The first-order chi connectivity index (χ1) is 6.34. The Bertz CT molecular complexity index is 138. The first-order valence-corrected chi connectivity index (χ1v) is 5.43. The molecule has 0 bridgehead atoms. The minimum atomic E-state index is -0.255. The predicted octanol–water partition coefficient (Wildman–Crippen LogP) is 1.03. The molecule has 1 N–H and O–H groups in total. The Hall–Kier alpha value is -0.120. The molecular weight excluding hydrogens is 176 g/mol. The molecule has 0 aliphatic heterocycles. The first kappa shape index (κ1) is 13.9. The summed E-state index contributed by atoms with van der Waals surface area (Å²) in [6.45, 7) is 10.2. The average Bonchev–Trinajstić information content (AvgIpc) is 1.97. The second-order valence-corrected chi connectivity index (χ2v) is 4.80. The van der Waals surface area contributed by atoms with Gasteiger partial charge in [0, 0.05) is 25.2 Å². The summed E-state index contributed by atoms with van der Waals surface area (Å²) in [4.78, 5) is 4.33. The van der Waals surface area contributed by atoms with Crippen LogP contribution < -0.4 is 0 Å². The smallest absolute Gasteiger partial charge is 0.0793 e. The zero-order valence-electron chi connectivity index (χ0n) is 10.5. The molecule has 0 spiro atoms. The van der Waals surface area contributed by atoms with Gasteiger partial charge in [0.1, 0.15) is 0 Å². The summed E-state index contributed by atoms with van der Waals surface area (Å²) < 4.78 is 0. The Morgan fingerprint density at radius 1 is 0.929 bits per heavy atom. The molecule has 3 heteroatoms. The van der Waals surface area contributed by atoms with Gasteiger partial charge in [-0.1, -0.05) is 0 Å². The van der Waals surface area contributed by atoms with E-state index in [-0.39, 0.29) is 6.10 Å². The van der Waals surface area contributed by atoms with Gasteiger partial charge in [-0.3, -0.25) is 4.90 Å². The molecule has 0 fully saturated rings. The van der Waals surface area contributed by atoms with Crippen LogP contribution in [0.3, 0.4) is 0 Å². The molecule has 0 aromatic heterocycles. The van der Waals surface area contributed by atoms with Crippen LogP contribution in [0, 0.1) is 0 Å². The van der Waals surface area contributed by atoms with E-state index in [1.807, 2.05) is 19.0 Å². The van der Waals surface area contributed by atoms with Crippen molar-refractivity contribution in [2.75, 3.05) is 27.2 Å². The molecule has 14 heavy (non-hydrogen) atoms. The van der Waals surface area contributed by atoms with Crippen LogP contribution in [0.5, 0.6) is 0 Å². The third kappa shape index (κ3) is 5.58. The average molecular weight is 202 g/mol. The summed E-state index contributed by atoms with van der Waals surface area (Å²) in [5.41, 5.74) is 0. The fraction of sp³-hybridized carbons (Fsp3) is 1.00. The monoisotopic (exact) mass is 202 g/mol. The van der Waals surface area contributed by atoms with Gasteiger partial charge in [0.25, 0.3) is 0 Å². The maximum atomic E-state index is 9.80. The van der Waals surface area contributed by atoms with E-state index in [1.54, 1.807) is 0 Å². The molecule has 0 saturated carbocycles. The summed E-state index contributed by atoms with van der Waals surface area (Å²) in [6.07, 6.45) is -0.255. The van der Waals surface area contributed by atoms with E-state index < -0.39 is 0 Å². The molecule has 1 unspecified atom stereocenters. The normalized spacial score (nSPS) is 14.8. The van der Waals surface area contributed by atoms with Crippen molar-refractivity contribution in [2.45, 2.75) is 45.9 Å². The summed E-state index contributed by atoms with van der Waals surface area (Å²) >= 11 is 0. The fourth-order valence-electron chi connectivity index (χ4n) is 1.74. The lowest BCUT2D eigenvalue weighted by molar-refractivity contribution is 0.0596. The quantitative estimate of drug-likeness (QED) is 0.697. The zero-order chi connectivity index (χ0) is 11.3. The van der Waals surface area contributed by atoms with Gasteiger partial charge in [-0.15, -0.1) is 0 Å². The van der Waals surface area contributed by atoms with Crippen LogP contribution >= 0.6 is 0 Å². The Kier molecular flexibility index (Phi) is 6.33. The van der Waals surface area contributed by atoms with E-state index in [0.29, 0.717) is 12.1 Å². The fourth-order valence-corrected chi connectivity index (χ4v) is 1.74. The van der Waals surface area contributed by atoms with Crippen molar-refractivity contribution in [3.8, 4) is 0 Å². The standard InChI is InChI=1S/C11H26N2O/c1-9(2)13(10(3)4)8-11(14)7-12(5)6/h9-11,14H,7-8H2,1-6H3. The summed E-state index contributed by atoms with van der Waals surface area (Å²) in [7, 11) is 3.97. The van der Waals surface area contributed by atoms with E-state index >= 15 is 0 Å². The molecule has 0 amide bonds. The summed E-state index contributed by atoms with van der Waals surface area (Å²) in [5, 5.41) is 9.80. The van der Waals surface area contributed by atoms with Crippen molar-refractivity contribution < 1.29 is 5.11 Å². The van der Waals surface area contributed by atoms with Crippen LogP contribution in [-0.2, 0) is 0 Å². The Morgan fingerprint density at radius 2 is 1.36 bits per heavy atom. The number of nitrogens with zero attached hydrogens (tertiary/aromatic N) is 2.